The van der Waals surface area contributed by atoms with E-state index in [-0.39, 0.29) is 17.9 Å². The van der Waals surface area contributed by atoms with E-state index in [0.717, 1.165) is 5.56 Å². The molecule has 0 aliphatic heterocycles. The standard InChI is InChI=1S/C19H20N2O2/c1-19(2,3)15-5-4-6-17(11-15)23-13-18(22)21-16-9-7-14(12-20)8-10-16/h4-11H,13H2,1-3H3,(H,21,22). The van der Waals surface area contributed by atoms with Crippen molar-refractivity contribution in [2.45, 2.75) is 26.2 Å². The highest BCUT2D eigenvalue weighted by atomic mass is 16.5. The van der Waals surface area contributed by atoms with Crippen molar-refractivity contribution in [2.75, 3.05) is 11.9 Å². The lowest BCUT2D eigenvalue weighted by molar-refractivity contribution is -0.118. The molecule has 118 valence electrons. The molecule has 4 nitrogen and oxygen atoms in total. The van der Waals surface area contributed by atoms with Crippen LogP contribution in [0.1, 0.15) is 31.9 Å². The molecule has 2 rings (SSSR count). The Morgan fingerprint density at radius 3 is 2.48 bits per heavy atom. The first-order chi connectivity index (χ1) is 10.9. The molecule has 23 heavy (non-hydrogen) atoms. The molecule has 4 heteroatoms. The zero-order valence-electron chi connectivity index (χ0n) is 13.6. The lowest BCUT2D eigenvalue weighted by Gasteiger charge is -2.19. The third-order valence-corrected chi connectivity index (χ3v) is 3.37. The summed E-state index contributed by atoms with van der Waals surface area (Å²) in [7, 11) is 0. The summed E-state index contributed by atoms with van der Waals surface area (Å²) in [6.07, 6.45) is 0. The largest absolute Gasteiger partial charge is 0.484 e. The third-order valence-electron chi connectivity index (χ3n) is 3.37. The molecule has 1 amide bonds. The van der Waals surface area contributed by atoms with Gasteiger partial charge in [0.15, 0.2) is 6.61 Å². The van der Waals surface area contributed by atoms with Crippen LogP contribution in [-0.4, -0.2) is 12.5 Å². The van der Waals surface area contributed by atoms with E-state index in [4.69, 9.17) is 10.00 Å². The topological polar surface area (TPSA) is 62.1 Å². The number of anilines is 1. The van der Waals surface area contributed by atoms with Crippen molar-refractivity contribution in [1.82, 2.24) is 0 Å². The Balaban J connectivity index is 1.93. The van der Waals surface area contributed by atoms with Crippen molar-refractivity contribution in [3.63, 3.8) is 0 Å². The predicted octanol–water partition coefficient (Wildman–Crippen LogP) is 3.87. The molecule has 0 fully saturated rings. The monoisotopic (exact) mass is 308 g/mol. The van der Waals surface area contributed by atoms with Gasteiger partial charge < -0.3 is 10.1 Å². The van der Waals surface area contributed by atoms with Gasteiger partial charge in [0.25, 0.3) is 5.91 Å². The van der Waals surface area contributed by atoms with Gasteiger partial charge in [-0.15, -0.1) is 0 Å². The maximum absolute atomic E-state index is 11.9. The fourth-order valence-electron chi connectivity index (χ4n) is 2.03. The summed E-state index contributed by atoms with van der Waals surface area (Å²) in [6, 6.07) is 16.5. The Morgan fingerprint density at radius 1 is 1.17 bits per heavy atom. The number of carbonyl (C=O) groups is 1. The predicted molar refractivity (Wildman–Crippen MR) is 90.4 cm³/mol. The van der Waals surface area contributed by atoms with Crippen LogP contribution in [0.5, 0.6) is 5.75 Å². The van der Waals surface area contributed by atoms with Crippen molar-refractivity contribution in [3.05, 3.63) is 59.7 Å². The Bertz CT molecular complexity index is 722. The second kappa shape index (κ2) is 6.97. The van der Waals surface area contributed by atoms with Gasteiger partial charge in [-0.25, -0.2) is 0 Å². The zero-order chi connectivity index (χ0) is 16.9. The van der Waals surface area contributed by atoms with Crippen LogP contribution in [0.25, 0.3) is 0 Å². The molecule has 0 aliphatic carbocycles. The molecule has 0 heterocycles. The molecule has 0 radical (unpaired) electrons. The molecular weight excluding hydrogens is 288 g/mol. The summed E-state index contributed by atoms with van der Waals surface area (Å²) >= 11 is 0. The van der Waals surface area contributed by atoms with Crippen molar-refractivity contribution >= 4 is 11.6 Å². The number of ether oxygens (including phenoxy) is 1. The first-order valence-electron chi connectivity index (χ1n) is 7.42. The molecule has 2 aromatic carbocycles. The molecule has 0 bridgehead atoms. The number of nitriles is 1. The fourth-order valence-corrected chi connectivity index (χ4v) is 2.03. The first kappa shape index (κ1) is 16.6. The van der Waals surface area contributed by atoms with E-state index in [1.54, 1.807) is 24.3 Å². The maximum Gasteiger partial charge on any atom is 0.262 e. The molecule has 0 atom stereocenters. The average Bonchev–Trinajstić information content (AvgIpc) is 2.53. The van der Waals surface area contributed by atoms with Crippen LogP contribution >= 0.6 is 0 Å². The van der Waals surface area contributed by atoms with Crippen molar-refractivity contribution in [2.24, 2.45) is 0 Å². The van der Waals surface area contributed by atoms with Crippen LogP contribution in [-0.2, 0) is 10.2 Å². The quantitative estimate of drug-likeness (QED) is 0.932. The van der Waals surface area contributed by atoms with E-state index in [1.807, 2.05) is 30.3 Å². The lowest BCUT2D eigenvalue weighted by atomic mass is 9.87. The number of nitrogens with one attached hydrogen (secondary N) is 1. The summed E-state index contributed by atoms with van der Waals surface area (Å²) in [5.41, 5.74) is 2.38. The summed E-state index contributed by atoms with van der Waals surface area (Å²) in [4.78, 5) is 11.9. The van der Waals surface area contributed by atoms with Crippen LogP contribution in [0.3, 0.4) is 0 Å². The van der Waals surface area contributed by atoms with Crippen LogP contribution in [0.15, 0.2) is 48.5 Å². The molecule has 1 N–H and O–H groups in total. The highest BCUT2D eigenvalue weighted by Crippen LogP contribution is 2.25. The zero-order valence-corrected chi connectivity index (χ0v) is 13.6. The van der Waals surface area contributed by atoms with Gasteiger partial charge >= 0.3 is 0 Å². The van der Waals surface area contributed by atoms with Crippen LogP contribution < -0.4 is 10.1 Å². The van der Waals surface area contributed by atoms with Gasteiger partial charge in [0.05, 0.1) is 11.6 Å². The lowest BCUT2D eigenvalue weighted by Crippen LogP contribution is -2.20. The minimum atomic E-state index is -0.240. The Labute approximate surface area is 136 Å². The number of rotatable bonds is 4. The van der Waals surface area contributed by atoms with Gasteiger partial charge in [-0.1, -0.05) is 32.9 Å². The molecular formula is C19H20N2O2. The number of hydrogen-bond acceptors (Lipinski definition) is 3. The summed E-state index contributed by atoms with van der Waals surface area (Å²) < 4.78 is 5.56. The SMILES string of the molecule is CC(C)(C)c1cccc(OCC(=O)Nc2ccc(C#N)cc2)c1. The van der Waals surface area contributed by atoms with E-state index in [0.29, 0.717) is 17.0 Å². The van der Waals surface area contributed by atoms with Crippen LogP contribution in [0.4, 0.5) is 5.69 Å². The van der Waals surface area contributed by atoms with Gasteiger partial charge in [0.1, 0.15) is 5.75 Å². The molecule has 0 aliphatic rings. The van der Waals surface area contributed by atoms with E-state index in [9.17, 15) is 4.79 Å². The minimum absolute atomic E-state index is 0.0319. The normalized spacial score (nSPS) is 10.7. The summed E-state index contributed by atoms with van der Waals surface area (Å²) in [6.45, 7) is 6.32. The smallest absolute Gasteiger partial charge is 0.262 e. The van der Waals surface area contributed by atoms with Crippen LogP contribution in [0, 0.1) is 11.3 Å². The van der Waals surface area contributed by atoms with Gasteiger partial charge in [0.2, 0.25) is 0 Å². The number of amides is 1. The average molecular weight is 308 g/mol. The van der Waals surface area contributed by atoms with Crippen molar-refractivity contribution in [3.8, 4) is 11.8 Å². The Hall–Kier alpha value is -2.80. The fraction of sp³-hybridized carbons (Fsp3) is 0.263. The van der Waals surface area contributed by atoms with Gasteiger partial charge in [-0.2, -0.15) is 5.26 Å². The van der Waals surface area contributed by atoms with Gasteiger partial charge in [-0.3, -0.25) is 4.79 Å². The second-order valence-electron chi connectivity index (χ2n) is 6.30. The van der Waals surface area contributed by atoms with Gasteiger partial charge in [-0.05, 0) is 47.4 Å². The molecule has 2 aromatic rings. The highest BCUT2D eigenvalue weighted by molar-refractivity contribution is 5.91. The summed E-state index contributed by atoms with van der Waals surface area (Å²) in [5.74, 6) is 0.434. The molecule has 0 unspecified atom stereocenters. The van der Waals surface area contributed by atoms with Crippen LogP contribution in [0.2, 0.25) is 0 Å². The molecule has 0 aromatic heterocycles. The molecule has 0 saturated carbocycles. The number of nitrogens with zero attached hydrogens (tertiary/aromatic N) is 1. The van der Waals surface area contributed by atoms with E-state index in [1.165, 1.54) is 0 Å². The Kier molecular flexibility index (Phi) is 5.02. The van der Waals surface area contributed by atoms with E-state index < -0.39 is 0 Å². The maximum atomic E-state index is 11.9. The molecule has 0 saturated heterocycles. The van der Waals surface area contributed by atoms with E-state index >= 15 is 0 Å². The van der Waals surface area contributed by atoms with Crippen molar-refractivity contribution < 1.29 is 9.53 Å². The third kappa shape index (κ3) is 4.86. The Morgan fingerprint density at radius 2 is 1.87 bits per heavy atom. The minimum Gasteiger partial charge on any atom is -0.484 e. The first-order valence-corrected chi connectivity index (χ1v) is 7.42. The second-order valence-corrected chi connectivity index (χ2v) is 6.30. The number of carbonyl (C=O) groups excluding carboxylic acids is 1. The van der Waals surface area contributed by atoms with Gasteiger partial charge in [0, 0.05) is 5.69 Å². The number of hydrogen-bond donors (Lipinski definition) is 1. The summed E-state index contributed by atoms with van der Waals surface area (Å²) in [5, 5.41) is 11.5. The van der Waals surface area contributed by atoms with Crippen molar-refractivity contribution in [1.29, 1.82) is 5.26 Å². The highest BCUT2D eigenvalue weighted by Gasteiger charge is 2.14. The number of benzene rings is 2. The molecule has 0 spiro atoms. The van der Waals surface area contributed by atoms with E-state index in [2.05, 4.69) is 26.1 Å².